The SMILES string of the molecule is C=CCn1c(=S)[nH]c2cc(C(=O)NCc3ccc(-c4ccc(Br)cc4)o3)ccc2c1=O. The number of carbonyl (C=O) groups excluding carboxylic acids is 1. The molecule has 0 aliphatic rings. The van der Waals surface area contributed by atoms with Gasteiger partial charge < -0.3 is 14.7 Å². The van der Waals surface area contributed by atoms with Gasteiger partial charge in [0.2, 0.25) is 0 Å². The Hall–Kier alpha value is -3.23. The van der Waals surface area contributed by atoms with Gasteiger partial charge in [0.1, 0.15) is 11.5 Å². The number of amides is 1. The van der Waals surface area contributed by atoms with E-state index in [-0.39, 0.29) is 22.8 Å². The van der Waals surface area contributed by atoms with Gasteiger partial charge in [0.25, 0.3) is 11.5 Å². The molecule has 2 aromatic carbocycles. The largest absolute Gasteiger partial charge is 0.459 e. The molecule has 0 aliphatic heterocycles. The number of nitrogens with one attached hydrogen (secondary N) is 2. The van der Waals surface area contributed by atoms with E-state index in [1.807, 2.05) is 36.4 Å². The van der Waals surface area contributed by atoms with Crippen LogP contribution in [0, 0.1) is 4.77 Å². The molecule has 0 atom stereocenters. The van der Waals surface area contributed by atoms with Gasteiger partial charge in [-0.05, 0) is 54.7 Å². The van der Waals surface area contributed by atoms with Crippen LogP contribution in [0.15, 0.2) is 80.9 Å². The van der Waals surface area contributed by atoms with E-state index in [1.165, 1.54) is 4.57 Å². The van der Waals surface area contributed by atoms with E-state index in [2.05, 4.69) is 32.8 Å². The van der Waals surface area contributed by atoms with E-state index < -0.39 is 0 Å². The standard InChI is InChI=1S/C23H18BrN3O3S/c1-2-11-27-22(29)18-9-5-15(12-19(18)26-23(27)31)21(28)25-13-17-8-10-20(30-17)14-3-6-16(24)7-4-14/h2-10,12H,1,11,13H2,(H,25,28)(H,26,31). The van der Waals surface area contributed by atoms with Gasteiger partial charge in [0, 0.05) is 22.1 Å². The maximum Gasteiger partial charge on any atom is 0.262 e. The average Bonchev–Trinajstić information content (AvgIpc) is 3.24. The fourth-order valence-corrected chi connectivity index (χ4v) is 3.73. The lowest BCUT2D eigenvalue weighted by Crippen LogP contribution is -2.24. The van der Waals surface area contributed by atoms with Crippen molar-refractivity contribution in [1.29, 1.82) is 0 Å². The molecule has 8 heteroatoms. The molecule has 0 fully saturated rings. The summed E-state index contributed by atoms with van der Waals surface area (Å²) in [5, 5.41) is 3.29. The number of nitrogens with zero attached hydrogens (tertiary/aromatic N) is 1. The molecule has 0 bridgehead atoms. The number of fused-ring (bicyclic) bond motifs is 1. The highest BCUT2D eigenvalue weighted by Crippen LogP contribution is 2.24. The zero-order valence-corrected chi connectivity index (χ0v) is 18.8. The molecule has 2 N–H and O–H groups in total. The van der Waals surface area contributed by atoms with Crippen LogP contribution in [0.1, 0.15) is 16.1 Å². The normalized spacial score (nSPS) is 10.9. The third-order valence-corrected chi connectivity index (χ3v) is 5.62. The third-order valence-electron chi connectivity index (χ3n) is 4.77. The number of halogens is 1. The minimum atomic E-state index is -0.280. The molecule has 6 nitrogen and oxygen atoms in total. The molecule has 0 radical (unpaired) electrons. The summed E-state index contributed by atoms with van der Waals surface area (Å²) in [6.45, 7) is 4.20. The van der Waals surface area contributed by atoms with E-state index in [0.29, 0.717) is 28.8 Å². The van der Waals surface area contributed by atoms with Crippen LogP contribution in [0.5, 0.6) is 0 Å². The molecule has 4 aromatic rings. The van der Waals surface area contributed by atoms with Gasteiger partial charge >= 0.3 is 0 Å². The first kappa shape index (κ1) is 21.0. The van der Waals surface area contributed by atoms with Gasteiger partial charge in [-0.3, -0.25) is 14.2 Å². The number of furan rings is 1. The highest BCUT2D eigenvalue weighted by atomic mass is 79.9. The molecule has 2 aromatic heterocycles. The Labute approximate surface area is 191 Å². The first-order valence-corrected chi connectivity index (χ1v) is 10.7. The van der Waals surface area contributed by atoms with Crippen LogP contribution in [0.25, 0.3) is 22.2 Å². The minimum Gasteiger partial charge on any atom is -0.459 e. The van der Waals surface area contributed by atoms with Crippen molar-refractivity contribution in [3.8, 4) is 11.3 Å². The Balaban J connectivity index is 1.50. The number of hydrogen-bond donors (Lipinski definition) is 2. The van der Waals surface area contributed by atoms with E-state index in [0.717, 1.165) is 15.8 Å². The lowest BCUT2D eigenvalue weighted by molar-refractivity contribution is 0.0948. The second-order valence-electron chi connectivity index (χ2n) is 6.85. The van der Waals surface area contributed by atoms with Crippen molar-refractivity contribution in [2.24, 2.45) is 0 Å². The summed E-state index contributed by atoms with van der Waals surface area (Å²) in [5.41, 5.74) is 1.66. The van der Waals surface area contributed by atoms with Gasteiger partial charge in [-0.15, -0.1) is 6.58 Å². The molecule has 0 aliphatic carbocycles. The summed E-state index contributed by atoms with van der Waals surface area (Å²) < 4.78 is 8.53. The average molecular weight is 496 g/mol. The van der Waals surface area contributed by atoms with Crippen molar-refractivity contribution >= 4 is 45.0 Å². The van der Waals surface area contributed by atoms with Crippen molar-refractivity contribution < 1.29 is 9.21 Å². The summed E-state index contributed by atoms with van der Waals surface area (Å²) in [6, 6.07) is 16.3. The first-order valence-electron chi connectivity index (χ1n) is 9.47. The molecule has 0 spiro atoms. The monoisotopic (exact) mass is 495 g/mol. The maximum atomic E-state index is 12.6. The predicted molar refractivity (Wildman–Crippen MR) is 127 cm³/mol. The van der Waals surface area contributed by atoms with Crippen molar-refractivity contribution in [1.82, 2.24) is 14.9 Å². The van der Waals surface area contributed by atoms with Gasteiger partial charge in [-0.25, -0.2) is 0 Å². The Morgan fingerprint density at radius 3 is 2.71 bits per heavy atom. The number of allylic oxidation sites excluding steroid dienone is 1. The highest BCUT2D eigenvalue weighted by molar-refractivity contribution is 9.10. The molecular formula is C23H18BrN3O3S. The second kappa shape index (κ2) is 8.87. The fourth-order valence-electron chi connectivity index (χ4n) is 3.20. The Kier molecular flexibility index (Phi) is 6.01. The van der Waals surface area contributed by atoms with Crippen LogP contribution in [0.4, 0.5) is 0 Å². The zero-order chi connectivity index (χ0) is 22.0. The van der Waals surface area contributed by atoms with Crippen LogP contribution in [0.2, 0.25) is 0 Å². The number of rotatable bonds is 6. The molecule has 4 rings (SSSR count). The molecule has 2 heterocycles. The van der Waals surface area contributed by atoms with Crippen molar-refractivity contribution in [3.63, 3.8) is 0 Å². The second-order valence-corrected chi connectivity index (χ2v) is 8.15. The number of aromatic nitrogens is 2. The Morgan fingerprint density at radius 2 is 1.97 bits per heavy atom. The number of carbonyl (C=O) groups is 1. The van der Waals surface area contributed by atoms with E-state index in [9.17, 15) is 9.59 Å². The number of H-pyrrole nitrogens is 1. The molecule has 0 saturated carbocycles. The van der Waals surface area contributed by atoms with Gasteiger partial charge in [-0.1, -0.05) is 34.1 Å². The highest BCUT2D eigenvalue weighted by Gasteiger charge is 2.11. The molecule has 0 saturated heterocycles. The summed E-state index contributed by atoms with van der Waals surface area (Å²) >= 11 is 8.66. The third kappa shape index (κ3) is 4.45. The van der Waals surface area contributed by atoms with E-state index in [4.69, 9.17) is 16.6 Å². The van der Waals surface area contributed by atoms with Crippen LogP contribution >= 0.6 is 28.1 Å². The quantitative estimate of drug-likeness (QED) is 0.284. The Bertz CT molecular complexity index is 1400. The zero-order valence-electron chi connectivity index (χ0n) is 16.4. The minimum absolute atomic E-state index is 0.221. The van der Waals surface area contributed by atoms with Crippen molar-refractivity contribution in [2.75, 3.05) is 0 Å². The molecular weight excluding hydrogens is 478 g/mol. The molecule has 156 valence electrons. The first-order chi connectivity index (χ1) is 15.0. The fraction of sp³-hybridized carbons (Fsp3) is 0.0870. The number of benzene rings is 2. The summed E-state index contributed by atoms with van der Waals surface area (Å²) in [4.78, 5) is 28.2. The van der Waals surface area contributed by atoms with Crippen LogP contribution in [-0.4, -0.2) is 15.5 Å². The summed E-state index contributed by atoms with van der Waals surface area (Å²) in [7, 11) is 0. The Morgan fingerprint density at radius 1 is 1.19 bits per heavy atom. The molecule has 31 heavy (non-hydrogen) atoms. The lowest BCUT2D eigenvalue weighted by atomic mass is 10.1. The topological polar surface area (TPSA) is 80.0 Å². The molecule has 0 unspecified atom stereocenters. The lowest BCUT2D eigenvalue weighted by Gasteiger charge is -2.08. The van der Waals surface area contributed by atoms with Crippen LogP contribution in [0.3, 0.4) is 0 Å². The van der Waals surface area contributed by atoms with Crippen molar-refractivity contribution in [3.05, 3.63) is 98.2 Å². The van der Waals surface area contributed by atoms with Crippen LogP contribution < -0.4 is 10.9 Å². The summed E-state index contributed by atoms with van der Waals surface area (Å²) in [5.74, 6) is 1.09. The van der Waals surface area contributed by atoms with Gasteiger partial charge in [0.05, 0.1) is 17.4 Å². The number of hydrogen-bond acceptors (Lipinski definition) is 4. The smallest absolute Gasteiger partial charge is 0.262 e. The summed E-state index contributed by atoms with van der Waals surface area (Å²) in [6.07, 6.45) is 1.61. The molecule has 1 amide bonds. The van der Waals surface area contributed by atoms with Crippen molar-refractivity contribution in [2.45, 2.75) is 13.1 Å². The predicted octanol–water partition coefficient (Wildman–Crippen LogP) is 5.20. The number of aromatic amines is 1. The van der Waals surface area contributed by atoms with Gasteiger partial charge in [-0.2, -0.15) is 0 Å². The van der Waals surface area contributed by atoms with E-state index >= 15 is 0 Å². The van der Waals surface area contributed by atoms with Crippen LogP contribution in [-0.2, 0) is 13.1 Å². The van der Waals surface area contributed by atoms with E-state index in [1.54, 1.807) is 24.3 Å². The van der Waals surface area contributed by atoms with Gasteiger partial charge in [0.15, 0.2) is 4.77 Å². The maximum absolute atomic E-state index is 12.6.